The minimum Gasteiger partial charge on any atom is -0.344 e. The zero-order valence-corrected chi connectivity index (χ0v) is 7.90. The number of hydrogen-bond donors (Lipinski definition) is 3. The molecule has 3 unspecified atom stereocenters. The summed E-state index contributed by atoms with van der Waals surface area (Å²) >= 11 is 0. The van der Waals surface area contributed by atoms with E-state index in [1.54, 1.807) is 0 Å². The third kappa shape index (κ3) is 8.06. The Morgan fingerprint density at radius 3 is 2.17 bits per heavy atom. The predicted molar refractivity (Wildman–Crippen MR) is 37.8 cm³/mol. The molecule has 0 saturated carbocycles. The summed E-state index contributed by atoms with van der Waals surface area (Å²) in [6.45, 7) is 1.22. The fourth-order valence-corrected chi connectivity index (χ4v) is 0.976. The van der Waals surface area contributed by atoms with Crippen LogP contribution in [0.3, 0.4) is 0 Å². The monoisotopic (exact) mass is 221 g/mol. The highest BCUT2D eigenvalue weighted by atomic mass is 31.1. The van der Waals surface area contributed by atoms with E-state index in [2.05, 4.69) is 13.7 Å². The summed E-state index contributed by atoms with van der Waals surface area (Å²) in [6.07, 6.45) is -1.18. The summed E-state index contributed by atoms with van der Waals surface area (Å²) in [5, 5.41) is 7.72. The second kappa shape index (κ2) is 7.60. The molecule has 0 aromatic carbocycles. The van der Waals surface area contributed by atoms with Crippen molar-refractivity contribution in [2.45, 2.75) is 13.2 Å². The minimum atomic E-state index is -2.82. The van der Waals surface area contributed by atoms with Crippen molar-refractivity contribution in [2.24, 2.45) is 0 Å². The van der Waals surface area contributed by atoms with E-state index in [0.717, 1.165) is 0 Å². The lowest BCUT2D eigenvalue weighted by Gasteiger charge is -1.89. The average molecular weight is 221 g/mol. The molecule has 0 spiro atoms. The van der Waals surface area contributed by atoms with Gasteiger partial charge in [-0.3, -0.25) is 0 Å². The van der Waals surface area contributed by atoms with E-state index in [0.29, 0.717) is 0 Å². The highest BCUT2D eigenvalue weighted by Crippen LogP contribution is 2.28. The SMILES string of the molecule is CC(O[P+](=O)O)O[P+](=O)OO.N. The van der Waals surface area contributed by atoms with Gasteiger partial charge in [0.1, 0.15) is 0 Å². The minimum absolute atomic E-state index is 0. The van der Waals surface area contributed by atoms with Crippen molar-refractivity contribution >= 4 is 16.5 Å². The van der Waals surface area contributed by atoms with Crippen LogP contribution in [0.15, 0.2) is 0 Å². The summed E-state index contributed by atoms with van der Waals surface area (Å²) in [5.41, 5.74) is 0. The average Bonchev–Trinajstić information content (AvgIpc) is 1.85. The summed E-state index contributed by atoms with van der Waals surface area (Å²) < 4.78 is 31.6. The maximum atomic E-state index is 10.2. The first-order valence-electron chi connectivity index (χ1n) is 2.34. The first-order chi connectivity index (χ1) is 5.06. The van der Waals surface area contributed by atoms with Crippen molar-refractivity contribution in [2.75, 3.05) is 0 Å². The lowest BCUT2D eigenvalue weighted by Crippen LogP contribution is -2.03. The zero-order valence-electron chi connectivity index (χ0n) is 6.11. The molecule has 72 valence electrons. The predicted octanol–water partition coefficient (Wildman–Crippen LogP) is 1.32. The van der Waals surface area contributed by atoms with Crippen LogP contribution >= 0.6 is 16.5 Å². The normalized spacial score (nSPS) is 14.6. The fraction of sp³-hybridized carbons (Fsp3) is 1.00. The van der Waals surface area contributed by atoms with E-state index in [1.807, 2.05) is 0 Å². The molecule has 0 aromatic heterocycles. The Kier molecular flexibility index (Phi) is 9.17. The van der Waals surface area contributed by atoms with Crippen LogP contribution in [-0.4, -0.2) is 16.4 Å². The van der Waals surface area contributed by atoms with Gasteiger partial charge >= 0.3 is 16.5 Å². The van der Waals surface area contributed by atoms with E-state index in [9.17, 15) is 9.13 Å². The molecule has 0 aliphatic rings. The molecule has 0 rings (SSSR count). The maximum Gasteiger partial charge on any atom is 0.731 e. The van der Waals surface area contributed by atoms with Crippen molar-refractivity contribution in [1.29, 1.82) is 0 Å². The van der Waals surface area contributed by atoms with Crippen LogP contribution in [0.2, 0.25) is 0 Å². The van der Waals surface area contributed by atoms with E-state index in [1.165, 1.54) is 6.92 Å². The molecule has 12 heavy (non-hydrogen) atoms. The van der Waals surface area contributed by atoms with E-state index >= 15 is 0 Å². The standard InChI is InChI=1S/C2H4O7P2.H3N/c1-2(7-10(4)5)8-11(6)9-3;/h2H,1H3;1H3/p+2. The molecule has 0 fully saturated rings. The summed E-state index contributed by atoms with van der Waals surface area (Å²) in [7, 11) is -5.52. The largest absolute Gasteiger partial charge is 0.731 e. The first-order valence-corrected chi connectivity index (χ1v) is 4.57. The molecular formula is C2H9NO7P2+2. The van der Waals surface area contributed by atoms with Crippen molar-refractivity contribution < 1.29 is 33.0 Å². The summed E-state index contributed by atoms with van der Waals surface area (Å²) in [5.74, 6) is 0. The highest BCUT2D eigenvalue weighted by molar-refractivity contribution is 7.33. The molecule has 10 heteroatoms. The molecule has 0 radical (unpaired) electrons. The Hall–Kier alpha value is -0.0400. The molecular weight excluding hydrogens is 212 g/mol. The van der Waals surface area contributed by atoms with Crippen molar-refractivity contribution in [3.63, 3.8) is 0 Å². The molecule has 0 aliphatic heterocycles. The van der Waals surface area contributed by atoms with Crippen LogP contribution in [0.25, 0.3) is 0 Å². The molecule has 0 bridgehead atoms. The van der Waals surface area contributed by atoms with Gasteiger partial charge < -0.3 is 6.15 Å². The van der Waals surface area contributed by atoms with Crippen molar-refractivity contribution in [3.8, 4) is 0 Å². The summed E-state index contributed by atoms with van der Waals surface area (Å²) in [6, 6.07) is 0. The molecule has 8 nitrogen and oxygen atoms in total. The Labute approximate surface area is 69.9 Å². The Bertz CT molecular complexity index is 161. The molecule has 0 heterocycles. The maximum absolute atomic E-state index is 10.2. The number of rotatable bonds is 5. The van der Waals surface area contributed by atoms with Crippen LogP contribution in [0.1, 0.15) is 6.92 Å². The Morgan fingerprint density at radius 2 is 1.83 bits per heavy atom. The van der Waals surface area contributed by atoms with Gasteiger partial charge in [-0.15, -0.1) is 4.89 Å². The third-order valence-electron chi connectivity index (χ3n) is 0.540. The molecule has 0 aliphatic carbocycles. The first kappa shape index (κ1) is 14.5. The van der Waals surface area contributed by atoms with Gasteiger partial charge in [0, 0.05) is 9.13 Å². The number of hydrogen-bond acceptors (Lipinski definition) is 7. The Balaban J connectivity index is 0. The van der Waals surface area contributed by atoms with Gasteiger partial charge in [0.25, 0.3) is 6.29 Å². The lowest BCUT2D eigenvalue weighted by molar-refractivity contribution is -0.150. The van der Waals surface area contributed by atoms with E-state index in [4.69, 9.17) is 10.2 Å². The molecule has 0 aromatic rings. The van der Waals surface area contributed by atoms with E-state index in [-0.39, 0.29) is 6.15 Å². The van der Waals surface area contributed by atoms with Gasteiger partial charge in [0.15, 0.2) is 0 Å². The van der Waals surface area contributed by atoms with Crippen LogP contribution in [0, 0.1) is 0 Å². The second-order valence-corrected chi connectivity index (χ2v) is 2.83. The molecule has 3 atom stereocenters. The Morgan fingerprint density at radius 1 is 1.33 bits per heavy atom. The summed E-state index contributed by atoms with van der Waals surface area (Å²) in [4.78, 5) is 8.12. The van der Waals surface area contributed by atoms with Gasteiger partial charge in [-0.05, 0) is 6.92 Å². The van der Waals surface area contributed by atoms with Gasteiger partial charge in [-0.25, -0.2) is 5.26 Å². The molecule has 0 amide bonds. The fourth-order valence-electron chi connectivity index (χ4n) is 0.287. The van der Waals surface area contributed by atoms with Gasteiger partial charge in [0.05, 0.1) is 4.67 Å². The molecule has 5 N–H and O–H groups in total. The smallest absolute Gasteiger partial charge is 0.344 e. The van der Waals surface area contributed by atoms with Crippen LogP contribution in [0.4, 0.5) is 0 Å². The van der Waals surface area contributed by atoms with Crippen LogP contribution in [-0.2, 0) is 22.9 Å². The second-order valence-electron chi connectivity index (χ2n) is 1.32. The van der Waals surface area contributed by atoms with Gasteiger partial charge in [0.2, 0.25) is 0 Å². The molecule has 0 saturated heterocycles. The zero-order chi connectivity index (χ0) is 8.85. The quantitative estimate of drug-likeness (QED) is 0.273. The third-order valence-corrected chi connectivity index (χ3v) is 1.62. The van der Waals surface area contributed by atoms with E-state index < -0.39 is 22.8 Å². The lowest BCUT2D eigenvalue weighted by atomic mass is 10.8. The van der Waals surface area contributed by atoms with Crippen molar-refractivity contribution in [1.82, 2.24) is 6.15 Å². The van der Waals surface area contributed by atoms with Crippen LogP contribution < -0.4 is 6.15 Å². The van der Waals surface area contributed by atoms with Gasteiger partial charge in [-0.2, -0.15) is 0 Å². The van der Waals surface area contributed by atoms with Crippen molar-refractivity contribution in [3.05, 3.63) is 0 Å². The topological polar surface area (TPSA) is 137 Å². The van der Waals surface area contributed by atoms with Crippen LogP contribution in [0.5, 0.6) is 0 Å². The van der Waals surface area contributed by atoms with Gasteiger partial charge in [-0.1, -0.05) is 9.05 Å². The highest BCUT2D eigenvalue weighted by Gasteiger charge is 2.31.